The van der Waals surface area contributed by atoms with Crippen LogP contribution in [0.2, 0.25) is 0 Å². The van der Waals surface area contributed by atoms with E-state index in [-0.39, 0.29) is 23.6 Å². The summed E-state index contributed by atoms with van der Waals surface area (Å²) in [7, 11) is -3.11. The van der Waals surface area contributed by atoms with Crippen molar-refractivity contribution in [2.75, 3.05) is 38.5 Å². The van der Waals surface area contributed by atoms with Crippen molar-refractivity contribution in [2.24, 2.45) is 5.92 Å². The highest BCUT2D eigenvalue weighted by atomic mass is 32.2. The Morgan fingerprint density at radius 2 is 1.90 bits per heavy atom. The highest BCUT2D eigenvalue weighted by Gasteiger charge is 2.34. The van der Waals surface area contributed by atoms with Crippen LogP contribution in [0.3, 0.4) is 0 Å². The summed E-state index contributed by atoms with van der Waals surface area (Å²) >= 11 is 0. The van der Waals surface area contributed by atoms with Gasteiger partial charge in [-0.3, -0.25) is 4.79 Å². The third-order valence-corrected chi connectivity index (χ3v) is 6.23. The number of rotatable bonds is 3. The van der Waals surface area contributed by atoms with E-state index in [2.05, 4.69) is 12.2 Å². The lowest BCUT2D eigenvalue weighted by molar-refractivity contribution is -0.139. The monoisotopic (exact) mass is 303 g/mol. The summed E-state index contributed by atoms with van der Waals surface area (Å²) in [5.74, 6) is 0.326. The van der Waals surface area contributed by atoms with E-state index in [1.807, 2.05) is 4.90 Å². The van der Waals surface area contributed by atoms with Gasteiger partial charge >= 0.3 is 0 Å². The van der Waals surface area contributed by atoms with Gasteiger partial charge in [0.15, 0.2) is 0 Å². The first-order chi connectivity index (χ1) is 9.45. The minimum atomic E-state index is -3.11. The summed E-state index contributed by atoms with van der Waals surface area (Å²) in [6, 6.07) is 0.230. The lowest BCUT2D eigenvalue weighted by Gasteiger charge is -2.38. The molecule has 2 aliphatic rings. The average molecular weight is 303 g/mol. The van der Waals surface area contributed by atoms with Gasteiger partial charge in [0.2, 0.25) is 15.9 Å². The van der Waals surface area contributed by atoms with Gasteiger partial charge in [-0.15, -0.1) is 0 Å². The van der Waals surface area contributed by atoms with E-state index in [0.29, 0.717) is 25.9 Å². The molecule has 2 saturated heterocycles. The molecule has 0 aromatic heterocycles. The van der Waals surface area contributed by atoms with Crippen LogP contribution >= 0.6 is 0 Å². The fourth-order valence-electron chi connectivity index (χ4n) is 2.97. The van der Waals surface area contributed by atoms with E-state index >= 15 is 0 Å². The maximum atomic E-state index is 12.5. The van der Waals surface area contributed by atoms with Crippen molar-refractivity contribution in [3.05, 3.63) is 0 Å². The van der Waals surface area contributed by atoms with Gasteiger partial charge in [-0.25, -0.2) is 12.7 Å². The predicted octanol–water partition coefficient (Wildman–Crippen LogP) is -0.132. The second-order valence-electron chi connectivity index (χ2n) is 5.66. The van der Waals surface area contributed by atoms with Crippen LogP contribution in [0.25, 0.3) is 0 Å². The fraction of sp³-hybridized carbons (Fsp3) is 0.923. The van der Waals surface area contributed by atoms with Crippen molar-refractivity contribution in [2.45, 2.75) is 32.7 Å². The summed E-state index contributed by atoms with van der Waals surface area (Å²) in [6.45, 7) is 7.12. The molecule has 0 spiro atoms. The Hall–Kier alpha value is -0.660. The molecule has 0 bridgehead atoms. The minimum Gasteiger partial charge on any atom is -0.337 e. The number of piperazine rings is 1. The summed E-state index contributed by atoms with van der Waals surface area (Å²) < 4.78 is 25.1. The van der Waals surface area contributed by atoms with Gasteiger partial charge in [0.05, 0.1) is 5.75 Å². The zero-order valence-corrected chi connectivity index (χ0v) is 13.2. The standard InChI is InChI=1S/C13H25N3O3S/c1-3-20(18,19)15-7-4-12(5-8-15)13(17)16-9-6-14-10-11(16)2/h11-12,14H,3-10H2,1-2H3/t11-/m1/s1. The Morgan fingerprint density at radius 3 is 2.45 bits per heavy atom. The van der Waals surface area contributed by atoms with E-state index in [9.17, 15) is 13.2 Å². The van der Waals surface area contributed by atoms with E-state index < -0.39 is 10.0 Å². The lowest BCUT2D eigenvalue weighted by atomic mass is 9.95. The van der Waals surface area contributed by atoms with E-state index in [1.54, 1.807) is 6.92 Å². The van der Waals surface area contributed by atoms with Gasteiger partial charge in [0.1, 0.15) is 0 Å². The van der Waals surface area contributed by atoms with Crippen LogP contribution in [0.4, 0.5) is 0 Å². The Bertz CT molecular complexity index is 444. The maximum Gasteiger partial charge on any atom is 0.226 e. The first-order valence-electron chi connectivity index (χ1n) is 7.44. The van der Waals surface area contributed by atoms with Crippen LogP contribution in [0, 0.1) is 5.92 Å². The van der Waals surface area contributed by atoms with Crippen molar-refractivity contribution in [1.82, 2.24) is 14.5 Å². The number of amides is 1. The molecule has 0 aromatic carbocycles. The number of nitrogens with zero attached hydrogens (tertiary/aromatic N) is 2. The molecule has 7 heteroatoms. The smallest absolute Gasteiger partial charge is 0.226 e. The quantitative estimate of drug-likeness (QED) is 0.788. The Balaban J connectivity index is 1.92. The molecule has 1 amide bonds. The Morgan fingerprint density at radius 1 is 1.25 bits per heavy atom. The van der Waals surface area contributed by atoms with Crippen LogP contribution in [0.5, 0.6) is 0 Å². The highest BCUT2D eigenvalue weighted by molar-refractivity contribution is 7.89. The number of nitrogens with one attached hydrogen (secondary N) is 1. The molecule has 2 fully saturated rings. The molecule has 1 atom stereocenters. The number of carbonyl (C=O) groups is 1. The summed E-state index contributed by atoms with van der Waals surface area (Å²) in [4.78, 5) is 14.5. The van der Waals surface area contributed by atoms with Crippen molar-refractivity contribution in [3.63, 3.8) is 0 Å². The second-order valence-corrected chi connectivity index (χ2v) is 7.92. The van der Waals surface area contributed by atoms with Crippen LogP contribution in [-0.4, -0.2) is 68.0 Å². The molecule has 2 rings (SSSR count). The van der Waals surface area contributed by atoms with Crippen molar-refractivity contribution in [1.29, 1.82) is 0 Å². The molecule has 116 valence electrons. The van der Waals surface area contributed by atoms with Crippen molar-refractivity contribution < 1.29 is 13.2 Å². The number of piperidine rings is 1. The topological polar surface area (TPSA) is 69.7 Å². The van der Waals surface area contributed by atoms with E-state index in [0.717, 1.165) is 19.6 Å². The summed E-state index contributed by atoms with van der Waals surface area (Å²) in [6.07, 6.45) is 1.30. The molecular weight excluding hydrogens is 278 g/mol. The first kappa shape index (κ1) is 15.7. The van der Waals surface area contributed by atoms with Crippen LogP contribution < -0.4 is 5.32 Å². The van der Waals surface area contributed by atoms with Crippen LogP contribution in [0.15, 0.2) is 0 Å². The van der Waals surface area contributed by atoms with E-state index in [4.69, 9.17) is 0 Å². The van der Waals surface area contributed by atoms with Crippen LogP contribution in [0.1, 0.15) is 26.7 Å². The number of hydrogen-bond acceptors (Lipinski definition) is 4. The van der Waals surface area contributed by atoms with Crippen molar-refractivity contribution >= 4 is 15.9 Å². The zero-order chi connectivity index (χ0) is 14.8. The molecule has 0 unspecified atom stereocenters. The molecular formula is C13H25N3O3S. The van der Waals surface area contributed by atoms with Gasteiger partial charge in [0, 0.05) is 44.7 Å². The molecule has 6 nitrogen and oxygen atoms in total. The maximum absolute atomic E-state index is 12.5. The molecule has 2 aliphatic heterocycles. The predicted molar refractivity (Wildman–Crippen MR) is 77.8 cm³/mol. The van der Waals surface area contributed by atoms with Crippen LogP contribution in [-0.2, 0) is 14.8 Å². The Labute approximate surface area is 121 Å². The number of carbonyl (C=O) groups excluding carboxylic acids is 1. The first-order valence-corrected chi connectivity index (χ1v) is 9.05. The second kappa shape index (κ2) is 6.41. The van der Waals surface area contributed by atoms with Gasteiger partial charge in [-0.2, -0.15) is 0 Å². The zero-order valence-electron chi connectivity index (χ0n) is 12.3. The molecule has 1 N–H and O–H groups in total. The molecule has 0 aromatic rings. The minimum absolute atomic E-state index is 0.0149. The van der Waals surface area contributed by atoms with Gasteiger partial charge < -0.3 is 10.2 Å². The van der Waals surface area contributed by atoms with Gasteiger partial charge in [-0.05, 0) is 26.7 Å². The fourth-order valence-corrected chi connectivity index (χ4v) is 4.10. The third kappa shape index (κ3) is 3.32. The SMILES string of the molecule is CCS(=O)(=O)N1CCC(C(=O)N2CCNC[C@H]2C)CC1. The van der Waals surface area contributed by atoms with E-state index in [1.165, 1.54) is 4.31 Å². The molecule has 0 aliphatic carbocycles. The van der Waals surface area contributed by atoms with Gasteiger partial charge in [-0.1, -0.05) is 0 Å². The third-order valence-electron chi connectivity index (χ3n) is 4.35. The highest BCUT2D eigenvalue weighted by Crippen LogP contribution is 2.23. The van der Waals surface area contributed by atoms with Crippen molar-refractivity contribution in [3.8, 4) is 0 Å². The molecule has 0 saturated carbocycles. The Kier molecular flexibility index (Phi) is 5.04. The molecule has 0 radical (unpaired) electrons. The summed E-state index contributed by atoms with van der Waals surface area (Å²) in [5, 5.41) is 3.28. The largest absolute Gasteiger partial charge is 0.337 e. The number of hydrogen-bond donors (Lipinski definition) is 1. The lowest BCUT2D eigenvalue weighted by Crippen LogP contribution is -2.55. The summed E-state index contributed by atoms with van der Waals surface area (Å²) in [5.41, 5.74) is 0. The normalized spacial score (nSPS) is 26.7. The molecule has 2 heterocycles. The average Bonchev–Trinajstić information content (AvgIpc) is 2.47. The van der Waals surface area contributed by atoms with Gasteiger partial charge in [0.25, 0.3) is 0 Å². The number of sulfonamides is 1. The molecule has 20 heavy (non-hydrogen) atoms.